The number of nitrogens with zero attached hydrogens (tertiary/aromatic N) is 3. The number of aromatic amines is 1. The van der Waals surface area contributed by atoms with E-state index < -0.39 is 66.1 Å². The topological polar surface area (TPSA) is 234 Å². The number of benzene rings is 1. The normalized spacial score (nSPS) is 25.7. The second-order valence-electron chi connectivity index (χ2n) is 15.8. The van der Waals surface area contributed by atoms with Gasteiger partial charge in [-0.2, -0.15) is 0 Å². The van der Waals surface area contributed by atoms with Crippen LogP contribution < -0.4 is 10.1 Å². The number of hydrogen-bond acceptors (Lipinski definition) is 15. The van der Waals surface area contributed by atoms with Crippen LogP contribution in [-0.2, 0) is 51.1 Å². The summed E-state index contributed by atoms with van der Waals surface area (Å²) in [6, 6.07) is 5.80. The van der Waals surface area contributed by atoms with Crippen molar-refractivity contribution < 1.29 is 66.9 Å². The Kier molecular flexibility index (Phi) is 14.7. The van der Waals surface area contributed by atoms with E-state index in [-0.39, 0.29) is 66.8 Å². The quantitative estimate of drug-likeness (QED) is 0.0708. The molecule has 8 rings (SSSR count). The molecule has 7 atom stereocenters. The molecule has 0 spiro atoms. The number of aliphatic hydroxyl groups excluding tert-OH is 3. The highest BCUT2D eigenvalue weighted by Crippen LogP contribution is 2.50. The molecule has 1 aliphatic heterocycles. The number of halogens is 2. The highest BCUT2D eigenvalue weighted by atomic mass is 19.1. The van der Waals surface area contributed by atoms with Crippen LogP contribution in [0.1, 0.15) is 56.7 Å². The van der Waals surface area contributed by atoms with Gasteiger partial charge in [0.15, 0.2) is 17.7 Å². The highest BCUT2D eigenvalue weighted by molar-refractivity contribution is 5.93. The average molecular weight is 868 g/mol. The molecule has 2 bridgehead atoms. The zero-order chi connectivity index (χ0) is 43.9. The number of H-pyrrole nitrogens is 1. The molecule has 3 saturated carbocycles. The summed E-state index contributed by atoms with van der Waals surface area (Å²) in [6.07, 6.45) is -0.697. The lowest BCUT2D eigenvalue weighted by molar-refractivity contribution is -0.271. The van der Waals surface area contributed by atoms with E-state index in [0.29, 0.717) is 42.0 Å². The lowest BCUT2D eigenvalue weighted by Gasteiger charge is -2.47. The van der Waals surface area contributed by atoms with Crippen LogP contribution in [-0.4, -0.2) is 117 Å². The Morgan fingerprint density at radius 3 is 2.44 bits per heavy atom. The fourth-order valence-electron chi connectivity index (χ4n) is 8.64. The fraction of sp³-hybridized carbons (Fsp3) is 0.535. The third-order valence-electron chi connectivity index (χ3n) is 11.8. The molecule has 5 N–H and O–H groups in total. The van der Waals surface area contributed by atoms with Gasteiger partial charge >= 0.3 is 11.9 Å². The van der Waals surface area contributed by atoms with Crippen molar-refractivity contribution >= 4 is 34.6 Å². The lowest BCUT2D eigenvalue weighted by Crippen LogP contribution is -2.61. The van der Waals surface area contributed by atoms with Crippen LogP contribution in [0.3, 0.4) is 0 Å². The van der Waals surface area contributed by atoms with Crippen molar-refractivity contribution in [2.24, 2.45) is 23.7 Å². The smallest absolute Gasteiger partial charge is 0.337 e. The summed E-state index contributed by atoms with van der Waals surface area (Å²) in [6.45, 7) is 3.12. The summed E-state index contributed by atoms with van der Waals surface area (Å²) in [7, 11) is 1.06. The monoisotopic (exact) mass is 867 g/mol. The Bertz CT molecular complexity index is 2200. The molecule has 1 aromatic carbocycles. The van der Waals surface area contributed by atoms with E-state index in [1.54, 1.807) is 12.3 Å². The second kappa shape index (κ2) is 20.3. The second-order valence-corrected chi connectivity index (χ2v) is 15.8. The first-order chi connectivity index (χ1) is 29.9. The van der Waals surface area contributed by atoms with E-state index in [4.69, 9.17) is 23.7 Å². The van der Waals surface area contributed by atoms with Crippen molar-refractivity contribution in [2.45, 2.75) is 89.2 Å². The largest absolute Gasteiger partial charge is 0.467 e. The number of esters is 2. The Labute approximate surface area is 355 Å². The maximum Gasteiger partial charge on any atom is 0.337 e. The van der Waals surface area contributed by atoms with Crippen molar-refractivity contribution in [3.63, 3.8) is 0 Å². The number of amides is 1. The number of aliphatic hydroxyl groups is 3. The summed E-state index contributed by atoms with van der Waals surface area (Å²) >= 11 is 0. The molecule has 4 aliphatic rings. The third-order valence-corrected chi connectivity index (χ3v) is 11.8. The van der Waals surface area contributed by atoms with Gasteiger partial charge in [0.1, 0.15) is 42.1 Å². The van der Waals surface area contributed by atoms with Gasteiger partial charge in [-0.15, -0.1) is 0 Å². The van der Waals surface area contributed by atoms with E-state index >= 15 is 4.39 Å². The number of hydrogen-bond donors (Lipinski definition) is 5. The minimum Gasteiger partial charge on any atom is -0.467 e. The summed E-state index contributed by atoms with van der Waals surface area (Å²) in [5.41, 5.74) is 1.57. The zero-order valence-corrected chi connectivity index (χ0v) is 34.3. The highest BCUT2D eigenvalue weighted by Gasteiger charge is 2.50. The van der Waals surface area contributed by atoms with Crippen molar-refractivity contribution in [3.05, 3.63) is 65.7 Å². The maximum atomic E-state index is 15.4. The molecule has 62 heavy (non-hydrogen) atoms. The molecule has 4 fully saturated rings. The number of methoxy groups -OCH3 is 1. The summed E-state index contributed by atoms with van der Waals surface area (Å²) < 4.78 is 62.4. The van der Waals surface area contributed by atoms with Crippen LogP contribution >= 0.6 is 0 Å². The standard InChI is InChI=1S/C43H51F2N5O12/c1-3-11-58-13-14-59-12-10-33(51)49-31-15-22(4-9-32(31)61-43-37(54)35(52)36(53)38(62-43)42(56)57-2)21-60-41(55)34-24-7-5-23(6-8-24)26(34)17-30-29(45)20-48-40(50-30)28-19-47-39-27(28)16-25(44)18-46-39/h4,9,15-16,18-20,23-24,26,34-38,43,52-54H,3,5-8,10-14,17,21H2,1-2H3,(H,46,47)(H,49,51)/t23?,24?,26-,34-,35-,36-,37+,38-,43+/m0/s1. The lowest BCUT2D eigenvalue weighted by atomic mass is 9.57. The van der Waals surface area contributed by atoms with Gasteiger partial charge in [-0.25, -0.2) is 28.5 Å². The van der Waals surface area contributed by atoms with Crippen molar-refractivity contribution in [2.75, 3.05) is 38.9 Å². The van der Waals surface area contributed by atoms with Crippen LogP contribution in [0.4, 0.5) is 14.5 Å². The average Bonchev–Trinajstić information content (AvgIpc) is 3.70. The molecule has 4 heterocycles. The van der Waals surface area contributed by atoms with E-state index in [0.717, 1.165) is 51.6 Å². The molecule has 17 nitrogen and oxygen atoms in total. The van der Waals surface area contributed by atoms with E-state index in [1.165, 1.54) is 18.2 Å². The molecule has 3 aliphatic carbocycles. The Balaban J connectivity index is 1.07. The number of ether oxygens (including phenoxy) is 6. The van der Waals surface area contributed by atoms with Crippen LogP contribution in [0.25, 0.3) is 22.4 Å². The molecule has 1 amide bonds. The van der Waals surface area contributed by atoms with E-state index in [9.17, 15) is 34.1 Å². The molecular formula is C43H51F2N5O12. The number of nitrogens with one attached hydrogen (secondary N) is 2. The van der Waals surface area contributed by atoms with Crippen molar-refractivity contribution in [3.8, 4) is 17.1 Å². The first kappa shape index (κ1) is 44.9. The van der Waals surface area contributed by atoms with E-state index in [1.807, 2.05) is 6.92 Å². The zero-order valence-electron chi connectivity index (χ0n) is 34.3. The van der Waals surface area contributed by atoms with Crippen LogP contribution in [0.15, 0.2) is 42.9 Å². The van der Waals surface area contributed by atoms with Crippen molar-refractivity contribution in [1.82, 2.24) is 19.9 Å². The van der Waals surface area contributed by atoms with Crippen LogP contribution in [0, 0.1) is 35.3 Å². The maximum absolute atomic E-state index is 15.4. The Morgan fingerprint density at radius 1 is 0.919 bits per heavy atom. The molecule has 3 aromatic heterocycles. The van der Waals surface area contributed by atoms with Gasteiger partial charge in [-0.05, 0) is 80.0 Å². The Morgan fingerprint density at radius 2 is 1.68 bits per heavy atom. The predicted octanol–water partition coefficient (Wildman–Crippen LogP) is 3.77. The molecular weight excluding hydrogens is 816 g/mol. The Hall–Kier alpha value is -5.18. The summed E-state index contributed by atoms with van der Waals surface area (Å²) in [4.78, 5) is 55.3. The first-order valence-electron chi connectivity index (χ1n) is 20.8. The molecule has 19 heteroatoms. The number of carbonyl (C=O) groups is 3. The number of aromatic nitrogens is 4. The summed E-state index contributed by atoms with van der Waals surface area (Å²) in [5.74, 6) is -3.61. The van der Waals surface area contributed by atoms with Gasteiger partial charge in [0.05, 0.1) is 63.0 Å². The number of rotatable bonds is 18. The third kappa shape index (κ3) is 10.2. The van der Waals surface area contributed by atoms with E-state index in [2.05, 4.69) is 30.0 Å². The van der Waals surface area contributed by atoms with Gasteiger partial charge in [0, 0.05) is 23.8 Å². The van der Waals surface area contributed by atoms with Crippen LogP contribution in [0.2, 0.25) is 0 Å². The van der Waals surface area contributed by atoms with Gasteiger partial charge in [0.2, 0.25) is 12.2 Å². The first-order valence-corrected chi connectivity index (χ1v) is 20.8. The van der Waals surface area contributed by atoms with Gasteiger partial charge < -0.3 is 54.0 Å². The summed E-state index contributed by atoms with van der Waals surface area (Å²) in [5, 5.41) is 34.7. The van der Waals surface area contributed by atoms with Crippen molar-refractivity contribution in [1.29, 1.82) is 0 Å². The fourth-order valence-corrected chi connectivity index (χ4v) is 8.64. The van der Waals surface area contributed by atoms with Crippen LogP contribution in [0.5, 0.6) is 5.75 Å². The van der Waals surface area contributed by atoms with Gasteiger partial charge in [-0.3, -0.25) is 9.59 Å². The number of pyridine rings is 1. The number of fused-ring (bicyclic) bond motifs is 4. The number of anilines is 1. The molecule has 334 valence electrons. The SMILES string of the molecule is CCCOCCOCCC(=O)Nc1cc(COC(=O)[C@H]2C3CCC(CC3)[C@@H]2Cc2nc(-c3c[nH]c4ncc(F)cc34)ncc2F)ccc1O[C@@H]1O[C@H](C(=O)OC)[C@@H](O)[C@H](O)[C@H]1O. The molecule has 0 unspecified atom stereocenters. The molecule has 0 radical (unpaired) electrons. The molecule has 4 aromatic rings. The minimum absolute atomic E-state index is 0.0141. The molecule has 1 saturated heterocycles. The minimum atomic E-state index is -1.84. The van der Waals surface area contributed by atoms with Gasteiger partial charge in [-0.1, -0.05) is 13.0 Å². The predicted molar refractivity (Wildman–Crippen MR) is 214 cm³/mol. The number of carbonyl (C=O) groups excluding carboxylic acids is 3. The van der Waals surface area contributed by atoms with Gasteiger partial charge in [0.25, 0.3) is 0 Å².